The molecule has 0 saturated heterocycles. The Labute approximate surface area is 170 Å². The van der Waals surface area contributed by atoms with Gasteiger partial charge in [0.25, 0.3) is 0 Å². The number of para-hydroxylation sites is 2. The number of aromatic nitrogens is 3. The fourth-order valence-corrected chi connectivity index (χ4v) is 3.47. The minimum atomic E-state index is 0.0457. The van der Waals surface area contributed by atoms with Gasteiger partial charge in [-0.15, -0.1) is 0 Å². The summed E-state index contributed by atoms with van der Waals surface area (Å²) in [4.78, 5) is 21.5. The van der Waals surface area contributed by atoms with Gasteiger partial charge in [-0.05, 0) is 29.8 Å². The van der Waals surface area contributed by atoms with E-state index < -0.39 is 0 Å². The number of hydrogen-bond acceptors (Lipinski definition) is 3. The third-order valence-corrected chi connectivity index (χ3v) is 4.93. The van der Waals surface area contributed by atoms with Gasteiger partial charge in [0.1, 0.15) is 5.82 Å². The number of pyridine rings is 1. The van der Waals surface area contributed by atoms with Crippen molar-refractivity contribution in [3.05, 3.63) is 96.1 Å². The van der Waals surface area contributed by atoms with Crippen LogP contribution in [0.2, 0.25) is 0 Å². The second kappa shape index (κ2) is 9.15. The van der Waals surface area contributed by atoms with E-state index in [1.165, 1.54) is 5.56 Å². The number of nitrogens with zero attached hydrogens (tertiary/aromatic N) is 3. The minimum absolute atomic E-state index is 0.0457. The van der Waals surface area contributed by atoms with Gasteiger partial charge in [0.05, 0.1) is 11.0 Å². The Morgan fingerprint density at radius 2 is 1.72 bits per heavy atom. The monoisotopic (exact) mass is 384 g/mol. The molecule has 0 radical (unpaired) electrons. The molecule has 0 unspecified atom stereocenters. The van der Waals surface area contributed by atoms with Crippen LogP contribution < -0.4 is 5.32 Å². The lowest BCUT2D eigenvalue weighted by Crippen LogP contribution is -2.27. The number of nitrogens with one attached hydrogen (secondary N) is 1. The summed E-state index contributed by atoms with van der Waals surface area (Å²) in [6.07, 6.45) is 3.68. The highest BCUT2D eigenvalue weighted by molar-refractivity contribution is 5.78. The third-order valence-electron chi connectivity index (χ3n) is 4.93. The minimum Gasteiger partial charge on any atom is -0.356 e. The smallest absolute Gasteiger partial charge is 0.221 e. The van der Waals surface area contributed by atoms with Crippen LogP contribution in [0.4, 0.5) is 0 Å². The van der Waals surface area contributed by atoms with Gasteiger partial charge in [-0.2, -0.15) is 0 Å². The van der Waals surface area contributed by atoms with Crippen molar-refractivity contribution in [1.29, 1.82) is 0 Å². The summed E-state index contributed by atoms with van der Waals surface area (Å²) in [5, 5.41) is 3.00. The number of rotatable bonds is 8. The molecule has 0 bridgehead atoms. The van der Waals surface area contributed by atoms with E-state index in [4.69, 9.17) is 4.98 Å². The largest absolute Gasteiger partial charge is 0.356 e. The normalized spacial score (nSPS) is 10.9. The predicted molar refractivity (Wildman–Crippen MR) is 115 cm³/mol. The predicted octanol–water partition coefficient (Wildman–Crippen LogP) is 3.77. The first-order valence-electron chi connectivity index (χ1n) is 9.94. The quantitative estimate of drug-likeness (QED) is 0.503. The van der Waals surface area contributed by atoms with E-state index in [1.54, 1.807) is 6.20 Å². The molecule has 29 heavy (non-hydrogen) atoms. The third kappa shape index (κ3) is 4.88. The van der Waals surface area contributed by atoms with Gasteiger partial charge in [0, 0.05) is 44.2 Å². The van der Waals surface area contributed by atoms with Crippen molar-refractivity contribution in [3.63, 3.8) is 0 Å². The summed E-state index contributed by atoms with van der Waals surface area (Å²) in [5.74, 6) is 1.03. The van der Waals surface area contributed by atoms with Crippen LogP contribution in [0.1, 0.15) is 23.5 Å². The number of benzene rings is 2. The Morgan fingerprint density at radius 1 is 0.931 bits per heavy atom. The number of hydrogen-bond donors (Lipinski definition) is 1. The maximum Gasteiger partial charge on any atom is 0.221 e. The van der Waals surface area contributed by atoms with Crippen molar-refractivity contribution < 1.29 is 4.79 Å². The highest BCUT2D eigenvalue weighted by Crippen LogP contribution is 2.19. The Balaban J connectivity index is 1.41. The van der Waals surface area contributed by atoms with E-state index in [9.17, 15) is 4.79 Å². The van der Waals surface area contributed by atoms with Crippen LogP contribution >= 0.6 is 0 Å². The van der Waals surface area contributed by atoms with Crippen molar-refractivity contribution in [1.82, 2.24) is 19.9 Å². The first kappa shape index (κ1) is 18.9. The topological polar surface area (TPSA) is 59.8 Å². The highest BCUT2D eigenvalue weighted by Gasteiger charge is 2.12. The molecular formula is C24H24N4O. The number of aryl methyl sites for hydroxylation is 1. The zero-order chi connectivity index (χ0) is 19.9. The van der Waals surface area contributed by atoms with Crippen molar-refractivity contribution in [2.75, 3.05) is 6.54 Å². The maximum absolute atomic E-state index is 12.4. The molecule has 5 heteroatoms. The molecule has 0 atom stereocenters. The molecule has 0 aliphatic heterocycles. The van der Waals surface area contributed by atoms with Gasteiger partial charge in [0.2, 0.25) is 5.91 Å². The van der Waals surface area contributed by atoms with Crippen LogP contribution in [-0.4, -0.2) is 27.0 Å². The molecule has 1 N–H and O–H groups in total. The van der Waals surface area contributed by atoms with E-state index in [1.807, 2.05) is 54.6 Å². The Bertz CT molecular complexity index is 1070. The van der Waals surface area contributed by atoms with E-state index in [-0.39, 0.29) is 5.91 Å². The van der Waals surface area contributed by atoms with Crippen LogP contribution in [0.5, 0.6) is 0 Å². The molecule has 0 fully saturated rings. The molecule has 146 valence electrons. The fourth-order valence-electron chi connectivity index (χ4n) is 3.47. The average Bonchev–Trinajstić information content (AvgIpc) is 3.10. The van der Waals surface area contributed by atoms with E-state index in [0.717, 1.165) is 35.4 Å². The summed E-state index contributed by atoms with van der Waals surface area (Å²) >= 11 is 0. The molecule has 5 nitrogen and oxygen atoms in total. The zero-order valence-corrected chi connectivity index (χ0v) is 16.3. The van der Waals surface area contributed by atoms with E-state index >= 15 is 0 Å². The molecule has 0 spiro atoms. The van der Waals surface area contributed by atoms with E-state index in [2.05, 4.69) is 33.1 Å². The number of carbonyl (C=O) groups excluding carboxylic acids is 1. The standard InChI is InChI=1S/C24H24N4O/c29-24(26-16-13-20-10-6-7-15-25-20)14-17-28-22-12-5-4-11-21(22)27-23(28)18-19-8-2-1-3-9-19/h1-12,15H,13-14,16-18H2,(H,26,29). The molecular weight excluding hydrogens is 360 g/mol. The molecule has 1 amide bonds. The van der Waals surface area contributed by atoms with E-state index in [0.29, 0.717) is 19.5 Å². The zero-order valence-electron chi connectivity index (χ0n) is 16.3. The summed E-state index contributed by atoms with van der Waals surface area (Å²) in [7, 11) is 0. The van der Waals surface area contributed by atoms with Gasteiger partial charge in [-0.3, -0.25) is 9.78 Å². The molecule has 4 aromatic rings. The van der Waals surface area contributed by atoms with Gasteiger partial charge in [-0.25, -0.2) is 4.98 Å². The molecule has 2 aromatic carbocycles. The Kier molecular flexibility index (Phi) is 5.95. The van der Waals surface area contributed by atoms with Gasteiger partial charge in [0.15, 0.2) is 0 Å². The lowest BCUT2D eigenvalue weighted by Gasteiger charge is -2.10. The number of fused-ring (bicyclic) bond motifs is 1. The maximum atomic E-state index is 12.4. The first-order valence-corrected chi connectivity index (χ1v) is 9.94. The lowest BCUT2D eigenvalue weighted by atomic mass is 10.1. The highest BCUT2D eigenvalue weighted by atomic mass is 16.1. The molecule has 2 heterocycles. The second-order valence-electron chi connectivity index (χ2n) is 7.00. The van der Waals surface area contributed by atoms with Gasteiger partial charge in [-0.1, -0.05) is 48.5 Å². The van der Waals surface area contributed by atoms with Crippen LogP contribution in [0.3, 0.4) is 0 Å². The Morgan fingerprint density at radius 3 is 2.55 bits per heavy atom. The lowest BCUT2D eigenvalue weighted by molar-refractivity contribution is -0.121. The van der Waals surface area contributed by atoms with Crippen molar-refractivity contribution in [2.24, 2.45) is 0 Å². The number of amides is 1. The first-order chi connectivity index (χ1) is 14.3. The SMILES string of the molecule is O=C(CCn1c(Cc2ccccc2)nc2ccccc21)NCCc1ccccn1. The van der Waals surface area contributed by atoms with Gasteiger partial charge >= 0.3 is 0 Å². The van der Waals surface area contributed by atoms with Crippen LogP contribution in [-0.2, 0) is 24.2 Å². The molecule has 2 aromatic heterocycles. The molecule has 0 aliphatic carbocycles. The summed E-state index contributed by atoms with van der Waals surface area (Å²) in [6, 6.07) is 24.2. The molecule has 0 aliphatic rings. The van der Waals surface area contributed by atoms with Crippen LogP contribution in [0.15, 0.2) is 79.0 Å². The summed E-state index contributed by atoms with van der Waals surface area (Å²) in [6.45, 7) is 1.20. The summed E-state index contributed by atoms with van der Waals surface area (Å²) < 4.78 is 2.17. The average molecular weight is 384 g/mol. The molecule has 4 rings (SSSR count). The van der Waals surface area contributed by atoms with Crippen LogP contribution in [0.25, 0.3) is 11.0 Å². The van der Waals surface area contributed by atoms with Crippen LogP contribution in [0, 0.1) is 0 Å². The second-order valence-corrected chi connectivity index (χ2v) is 7.00. The van der Waals surface area contributed by atoms with Crippen molar-refractivity contribution in [2.45, 2.75) is 25.8 Å². The van der Waals surface area contributed by atoms with Gasteiger partial charge < -0.3 is 9.88 Å². The number of carbonyl (C=O) groups is 1. The fraction of sp³-hybridized carbons (Fsp3) is 0.208. The van der Waals surface area contributed by atoms with Crippen molar-refractivity contribution in [3.8, 4) is 0 Å². The number of imidazole rings is 1. The molecule has 0 saturated carbocycles. The Hall–Kier alpha value is -3.47. The summed E-state index contributed by atoms with van der Waals surface area (Å²) in [5.41, 5.74) is 4.23. The van der Waals surface area contributed by atoms with Crippen molar-refractivity contribution >= 4 is 16.9 Å².